The van der Waals surface area contributed by atoms with Crippen molar-refractivity contribution in [1.82, 2.24) is 0 Å². The van der Waals surface area contributed by atoms with Crippen molar-refractivity contribution in [3.05, 3.63) is 0 Å². The van der Waals surface area contributed by atoms with Gasteiger partial charge in [-0.2, -0.15) is 25.3 Å². The third kappa shape index (κ3) is 0.911. The molecule has 2 rings (SSSR count). The molecule has 0 spiro atoms. The second kappa shape index (κ2) is 2.09. The Labute approximate surface area is 67.2 Å². The van der Waals surface area contributed by atoms with Crippen molar-refractivity contribution in [3.8, 4) is 0 Å². The van der Waals surface area contributed by atoms with Gasteiger partial charge in [0.15, 0.2) is 0 Å². The maximum absolute atomic E-state index is 4.51. The van der Waals surface area contributed by atoms with Crippen LogP contribution in [0, 0.1) is 11.8 Å². The zero-order chi connectivity index (χ0) is 6.43. The molecule has 0 radical (unpaired) electrons. The molecule has 52 valence electrons. The largest absolute Gasteiger partial charge is 0.176 e. The Morgan fingerprint density at radius 3 is 1.67 bits per heavy atom. The highest BCUT2D eigenvalue weighted by Gasteiger charge is 2.42. The maximum Gasteiger partial charge on any atom is 0.00582 e. The van der Waals surface area contributed by atoms with E-state index in [0.717, 1.165) is 11.8 Å². The quantitative estimate of drug-likeness (QED) is 0.498. The van der Waals surface area contributed by atoms with Gasteiger partial charge >= 0.3 is 0 Å². The molecule has 0 aliphatic heterocycles. The van der Waals surface area contributed by atoms with E-state index in [4.69, 9.17) is 0 Å². The van der Waals surface area contributed by atoms with Crippen molar-refractivity contribution in [2.45, 2.75) is 29.8 Å². The first-order chi connectivity index (χ1) is 4.27. The Kier molecular flexibility index (Phi) is 1.49. The Balaban J connectivity index is 2.13. The molecule has 0 aromatic heterocycles. The molecule has 2 atom stereocenters. The van der Waals surface area contributed by atoms with Crippen LogP contribution in [0.4, 0.5) is 0 Å². The van der Waals surface area contributed by atoms with Crippen LogP contribution in [0.1, 0.15) is 19.3 Å². The summed E-state index contributed by atoms with van der Waals surface area (Å²) in [7, 11) is 0. The van der Waals surface area contributed by atoms with Crippen LogP contribution in [0.25, 0.3) is 0 Å². The van der Waals surface area contributed by atoms with Crippen LogP contribution < -0.4 is 0 Å². The highest BCUT2D eigenvalue weighted by Crippen LogP contribution is 2.48. The van der Waals surface area contributed by atoms with E-state index in [0.29, 0.717) is 10.5 Å². The molecule has 0 N–H and O–H groups in total. The summed E-state index contributed by atoms with van der Waals surface area (Å²) in [5.41, 5.74) is 0. The third-order valence-electron chi connectivity index (χ3n) is 2.74. The molecule has 2 aliphatic carbocycles. The van der Waals surface area contributed by atoms with Gasteiger partial charge < -0.3 is 0 Å². The van der Waals surface area contributed by atoms with Gasteiger partial charge in [0.25, 0.3) is 0 Å². The van der Waals surface area contributed by atoms with E-state index in [1.54, 1.807) is 0 Å². The second-order valence-electron chi connectivity index (χ2n) is 3.37. The number of rotatable bonds is 0. The Hall–Kier alpha value is 0.700. The van der Waals surface area contributed by atoms with Gasteiger partial charge in [-0.25, -0.2) is 0 Å². The molecule has 2 bridgehead atoms. The third-order valence-corrected chi connectivity index (χ3v) is 3.93. The second-order valence-corrected chi connectivity index (χ2v) is 4.70. The van der Waals surface area contributed by atoms with Crippen LogP contribution in [0.2, 0.25) is 0 Å². The van der Waals surface area contributed by atoms with Gasteiger partial charge in [-0.1, -0.05) is 0 Å². The lowest BCUT2D eigenvalue weighted by molar-refractivity contribution is 0.507. The molecule has 2 aliphatic rings. The normalized spacial score (nSPS) is 56.7. The van der Waals surface area contributed by atoms with Gasteiger partial charge in [0.1, 0.15) is 0 Å². The first kappa shape index (κ1) is 6.41. The number of hydrogen-bond acceptors (Lipinski definition) is 2. The summed E-state index contributed by atoms with van der Waals surface area (Å²) >= 11 is 9.02. The van der Waals surface area contributed by atoms with Gasteiger partial charge in [-0.05, 0) is 31.1 Å². The van der Waals surface area contributed by atoms with E-state index >= 15 is 0 Å². The summed E-state index contributed by atoms with van der Waals surface area (Å²) in [6.07, 6.45) is 4.11. The van der Waals surface area contributed by atoms with E-state index in [9.17, 15) is 0 Å². The summed E-state index contributed by atoms with van der Waals surface area (Å²) in [5, 5.41) is 1.34. The predicted molar refractivity (Wildman–Crippen MR) is 46.4 cm³/mol. The van der Waals surface area contributed by atoms with Crippen molar-refractivity contribution in [3.63, 3.8) is 0 Å². The number of thiol groups is 2. The van der Waals surface area contributed by atoms with E-state index < -0.39 is 0 Å². The van der Waals surface area contributed by atoms with Crippen molar-refractivity contribution in [2.24, 2.45) is 11.8 Å². The molecular weight excluding hydrogens is 148 g/mol. The Morgan fingerprint density at radius 1 is 0.889 bits per heavy atom. The van der Waals surface area contributed by atoms with E-state index in [-0.39, 0.29) is 0 Å². The van der Waals surface area contributed by atoms with Gasteiger partial charge in [-0.3, -0.25) is 0 Å². The average Bonchev–Trinajstić information content (AvgIpc) is 2.22. The summed E-state index contributed by atoms with van der Waals surface area (Å²) in [6.45, 7) is 0. The van der Waals surface area contributed by atoms with Crippen LogP contribution in [0.15, 0.2) is 0 Å². The van der Waals surface area contributed by atoms with Gasteiger partial charge in [0, 0.05) is 10.5 Å². The maximum atomic E-state index is 4.51. The van der Waals surface area contributed by atoms with Crippen molar-refractivity contribution >= 4 is 25.3 Å². The lowest BCUT2D eigenvalue weighted by Crippen LogP contribution is -2.20. The first-order valence-electron chi connectivity index (χ1n) is 3.63. The van der Waals surface area contributed by atoms with Gasteiger partial charge in [-0.15, -0.1) is 0 Å². The molecular formula is C7H12S2. The summed E-state index contributed by atoms with van der Waals surface area (Å²) in [5.74, 6) is 1.81. The minimum Gasteiger partial charge on any atom is -0.176 e. The van der Waals surface area contributed by atoms with Crippen LogP contribution in [0.5, 0.6) is 0 Å². The van der Waals surface area contributed by atoms with E-state index in [1.165, 1.54) is 19.3 Å². The van der Waals surface area contributed by atoms with Crippen molar-refractivity contribution in [2.75, 3.05) is 0 Å². The Bertz CT molecular complexity index is 112. The van der Waals surface area contributed by atoms with Gasteiger partial charge in [0.05, 0.1) is 0 Å². The molecule has 0 heterocycles. The molecule has 2 unspecified atom stereocenters. The molecule has 0 saturated heterocycles. The van der Waals surface area contributed by atoms with Crippen molar-refractivity contribution in [1.29, 1.82) is 0 Å². The average molecular weight is 160 g/mol. The SMILES string of the molecule is SC1CC2CC(S)C1C2. The van der Waals surface area contributed by atoms with Crippen LogP contribution >= 0.6 is 25.3 Å². The molecule has 0 nitrogen and oxygen atoms in total. The number of hydrogen-bond donors (Lipinski definition) is 2. The van der Waals surface area contributed by atoms with Crippen LogP contribution in [-0.4, -0.2) is 10.5 Å². The fraction of sp³-hybridized carbons (Fsp3) is 1.00. The number of fused-ring (bicyclic) bond motifs is 2. The molecule has 9 heavy (non-hydrogen) atoms. The summed E-state index contributed by atoms with van der Waals surface area (Å²) < 4.78 is 0. The van der Waals surface area contributed by atoms with E-state index in [1.807, 2.05) is 0 Å². The lowest BCUT2D eigenvalue weighted by atomic mass is 10.00. The molecule has 0 aromatic carbocycles. The van der Waals surface area contributed by atoms with Gasteiger partial charge in [0.2, 0.25) is 0 Å². The first-order valence-corrected chi connectivity index (χ1v) is 4.67. The molecule has 0 amide bonds. The van der Waals surface area contributed by atoms with Crippen LogP contribution in [-0.2, 0) is 0 Å². The minimum atomic E-state index is 0.672. The summed E-state index contributed by atoms with van der Waals surface area (Å²) in [6, 6.07) is 0. The lowest BCUT2D eigenvalue weighted by Gasteiger charge is -2.21. The topological polar surface area (TPSA) is 0 Å². The fourth-order valence-corrected chi connectivity index (χ4v) is 3.67. The molecule has 2 saturated carbocycles. The molecule has 2 heteroatoms. The van der Waals surface area contributed by atoms with E-state index in [2.05, 4.69) is 25.3 Å². The summed E-state index contributed by atoms with van der Waals surface area (Å²) in [4.78, 5) is 0. The molecule has 0 aromatic rings. The predicted octanol–water partition coefficient (Wildman–Crippen LogP) is 2.01. The van der Waals surface area contributed by atoms with Crippen LogP contribution in [0.3, 0.4) is 0 Å². The standard InChI is InChI=1S/C7H12S2/c8-6-2-4-1-5(6)7(9)3-4/h4-9H,1-3H2. The monoisotopic (exact) mass is 160 g/mol. The molecule has 2 fully saturated rings. The zero-order valence-electron chi connectivity index (χ0n) is 5.33. The van der Waals surface area contributed by atoms with Crippen molar-refractivity contribution < 1.29 is 0 Å². The highest BCUT2D eigenvalue weighted by atomic mass is 32.1. The smallest absolute Gasteiger partial charge is 0.00582 e. The highest BCUT2D eigenvalue weighted by molar-refractivity contribution is 7.82. The minimum absolute atomic E-state index is 0.672. The Morgan fingerprint density at radius 2 is 1.44 bits per heavy atom. The fourth-order valence-electron chi connectivity index (χ4n) is 2.28. The zero-order valence-corrected chi connectivity index (χ0v) is 7.11.